The van der Waals surface area contributed by atoms with Crippen LogP contribution >= 0.6 is 0 Å². The molecule has 0 bridgehead atoms. The Kier molecular flexibility index (Phi) is 7.38. The molecule has 0 radical (unpaired) electrons. The number of methoxy groups -OCH3 is 1. The maximum Gasteiger partial charge on any atom is 0.253 e. The Hall–Kier alpha value is -3.57. The molecule has 2 heterocycles. The summed E-state index contributed by atoms with van der Waals surface area (Å²) in [5.41, 5.74) is 5.39. The van der Waals surface area contributed by atoms with E-state index in [1.54, 1.807) is 7.11 Å². The number of nitrogens with zero attached hydrogens (tertiary/aromatic N) is 2. The van der Waals surface area contributed by atoms with Crippen molar-refractivity contribution in [1.82, 2.24) is 14.8 Å². The first-order valence-electron chi connectivity index (χ1n) is 12.9. The first-order valence-corrected chi connectivity index (χ1v) is 12.9. The highest BCUT2D eigenvalue weighted by Gasteiger charge is 2.25. The highest BCUT2D eigenvalue weighted by Crippen LogP contribution is 2.30. The van der Waals surface area contributed by atoms with Gasteiger partial charge in [-0.15, -0.1) is 0 Å². The van der Waals surface area contributed by atoms with Crippen LogP contribution in [0.4, 0.5) is 0 Å². The number of benzene rings is 3. The summed E-state index contributed by atoms with van der Waals surface area (Å²) in [5.74, 6) is 0.778. The molecule has 186 valence electrons. The van der Waals surface area contributed by atoms with E-state index in [0.717, 1.165) is 73.4 Å². The average molecular weight is 482 g/mol. The summed E-state index contributed by atoms with van der Waals surface area (Å²) in [6, 6.07) is 27.3. The van der Waals surface area contributed by atoms with Crippen molar-refractivity contribution in [2.45, 2.75) is 38.8 Å². The van der Waals surface area contributed by atoms with E-state index in [2.05, 4.69) is 82.4 Å². The minimum Gasteiger partial charge on any atom is -0.497 e. The van der Waals surface area contributed by atoms with E-state index in [9.17, 15) is 4.79 Å². The lowest BCUT2D eigenvalue weighted by Gasteiger charge is -2.32. The maximum absolute atomic E-state index is 13.6. The Labute approximate surface area is 213 Å². The first-order chi connectivity index (χ1) is 17.6. The molecule has 1 amide bonds. The molecule has 1 aliphatic heterocycles. The normalized spacial score (nSPS) is 14.7. The number of piperidine rings is 1. The Morgan fingerprint density at radius 1 is 0.944 bits per heavy atom. The van der Waals surface area contributed by atoms with E-state index in [0.29, 0.717) is 0 Å². The van der Waals surface area contributed by atoms with Gasteiger partial charge < -0.3 is 19.5 Å². The van der Waals surface area contributed by atoms with Gasteiger partial charge in [-0.3, -0.25) is 4.79 Å². The number of carbonyl (C=O) groups excluding carboxylic acids is 1. The van der Waals surface area contributed by atoms with Crippen LogP contribution in [0.25, 0.3) is 10.9 Å². The quantitative estimate of drug-likeness (QED) is 0.364. The van der Waals surface area contributed by atoms with Crippen LogP contribution < -0.4 is 10.1 Å². The summed E-state index contributed by atoms with van der Waals surface area (Å²) in [5, 5.41) is 4.30. The molecule has 1 fully saturated rings. The van der Waals surface area contributed by atoms with Crippen LogP contribution in [0.1, 0.15) is 40.0 Å². The first kappa shape index (κ1) is 24.1. The number of nitrogens with one attached hydrogen (secondary N) is 1. The van der Waals surface area contributed by atoms with Crippen LogP contribution in [0.3, 0.4) is 0 Å². The van der Waals surface area contributed by atoms with Gasteiger partial charge >= 0.3 is 0 Å². The fraction of sp³-hybridized carbons (Fsp3) is 0.323. The molecule has 0 unspecified atom stereocenters. The lowest BCUT2D eigenvalue weighted by molar-refractivity contribution is 0.0912. The van der Waals surface area contributed by atoms with Crippen LogP contribution in [-0.4, -0.2) is 48.2 Å². The number of hydrogen-bond acceptors (Lipinski definition) is 3. The molecule has 5 rings (SSSR count). The van der Waals surface area contributed by atoms with Crippen molar-refractivity contribution in [2.75, 3.05) is 26.7 Å². The second-order valence-corrected chi connectivity index (χ2v) is 9.74. The largest absolute Gasteiger partial charge is 0.497 e. The fourth-order valence-electron chi connectivity index (χ4n) is 5.33. The second-order valence-electron chi connectivity index (χ2n) is 9.74. The number of amides is 1. The number of carbonyl (C=O) groups is 1. The van der Waals surface area contributed by atoms with Gasteiger partial charge in [-0.25, -0.2) is 0 Å². The van der Waals surface area contributed by atoms with Gasteiger partial charge in [0.2, 0.25) is 0 Å². The Morgan fingerprint density at radius 2 is 1.61 bits per heavy atom. The lowest BCUT2D eigenvalue weighted by Crippen LogP contribution is -2.45. The molecule has 1 saturated heterocycles. The minimum atomic E-state index is 0.0142. The fourth-order valence-corrected chi connectivity index (χ4v) is 5.33. The number of rotatable bonds is 8. The monoisotopic (exact) mass is 481 g/mol. The number of hydrogen-bond donors (Lipinski definition) is 1. The molecule has 4 aromatic rings. The van der Waals surface area contributed by atoms with Crippen molar-refractivity contribution >= 4 is 16.8 Å². The number of ether oxygens (including phenoxy) is 1. The van der Waals surface area contributed by atoms with Gasteiger partial charge in [0, 0.05) is 48.8 Å². The molecule has 0 spiro atoms. The summed E-state index contributed by atoms with van der Waals surface area (Å²) >= 11 is 0. The van der Waals surface area contributed by atoms with Gasteiger partial charge in [0.05, 0.1) is 12.7 Å². The zero-order valence-electron chi connectivity index (χ0n) is 21.2. The van der Waals surface area contributed by atoms with Gasteiger partial charge in [0.1, 0.15) is 5.75 Å². The molecule has 3 aromatic carbocycles. The molecule has 36 heavy (non-hydrogen) atoms. The van der Waals surface area contributed by atoms with Gasteiger partial charge in [0.25, 0.3) is 5.91 Å². The molecule has 1 aliphatic rings. The smallest absolute Gasteiger partial charge is 0.253 e. The van der Waals surface area contributed by atoms with Crippen molar-refractivity contribution in [2.24, 2.45) is 0 Å². The zero-order valence-corrected chi connectivity index (χ0v) is 21.2. The summed E-state index contributed by atoms with van der Waals surface area (Å²) < 4.78 is 7.74. The Balaban J connectivity index is 1.29. The predicted molar refractivity (Wildman–Crippen MR) is 146 cm³/mol. The molecule has 0 saturated carbocycles. The van der Waals surface area contributed by atoms with E-state index < -0.39 is 0 Å². The molecule has 0 aliphatic carbocycles. The molecular weight excluding hydrogens is 446 g/mol. The summed E-state index contributed by atoms with van der Waals surface area (Å²) in [4.78, 5) is 16.1. The second kappa shape index (κ2) is 11.0. The lowest BCUT2D eigenvalue weighted by atomic mass is 10.0. The average Bonchev–Trinajstić information content (AvgIpc) is 3.19. The number of fused-ring (bicyclic) bond motifs is 1. The van der Waals surface area contributed by atoms with Crippen LogP contribution in [-0.2, 0) is 13.0 Å². The zero-order chi connectivity index (χ0) is 24.9. The SMILES string of the molecule is COc1ccc2c(c1)c(C(=O)NC1CCN(CCc3ccccc3)CC1)c(C)n2Cc1ccccc1. The van der Waals surface area contributed by atoms with Crippen LogP contribution in [0, 0.1) is 6.92 Å². The van der Waals surface area contributed by atoms with Crippen LogP contribution in [0.2, 0.25) is 0 Å². The van der Waals surface area contributed by atoms with Crippen molar-refractivity contribution in [3.63, 3.8) is 0 Å². The number of aromatic nitrogens is 1. The number of likely N-dealkylation sites (tertiary alicyclic amines) is 1. The Bertz CT molecular complexity index is 1310. The highest BCUT2D eigenvalue weighted by molar-refractivity contribution is 6.09. The third kappa shape index (κ3) is 5.31. The van der Waals surface area contributed by atoms with Crippen LogP contribution in [0.5, 0.6) is 5.75 Å². The molecule has 1 aromatic heterocycles. The van der Waals surface area contributed by atoms with E-state index in [-0.39, 0.29) is 11.9 Å². The third-order valence-corrected chi connectivity index (χ3v) is 7.42. The summed E-state index contributed by atoms with van der Waals surface area (Å²) in [7, 11) is 1.67. The molecule has 0 atom stereocenters. The standard InChI is InChI=1S/C31H35N3O2/c1-23-30(28-21-27(36-2)13-14-29(28)34(23)22-25-11-7-4-8-12-25)31(35)32-26-16-19-33(20-17-26)18-15-24-9-5-3-6-10-24/h3-14,21,26H,15-20,22H2,1-2H3,(H,32,35). The van der Waals surface area contributed by atoms with E-state index in [4.69, 9.17) is 4.74 Å². The summed E-state index contributed by atoms with van der Waals surface area (Å²) in [6.45, 7) is 5.87. The summed E-state index contributed by atoms with van der Waals surface area (Å²) in [6.07, 6.45) is 3.02. The van der Waals surface area contributed by atoms with Gasteiger partial charge in [0.15, 0.2) is 0 Å². The van der Waals surface area contributed by atoms with Crippen molar-refractivity contribution < 1.29 is 9.53 Å². The predicted octanol–water partition coefficient (Wildman–Crippen LogP) is 5.44. The van der Waals surface area contributed by atoms with Crippen molar-refractivity contribution in [3.8, 4) is 5.75 Å². The van der Waals surface area contributed by atoms with Gasteiger partial charge in [-0.2, -0.15) is 0 Å². The van der Waals surface area contributed by atoms with E-state index >= 15 is 0 Å². The highest BCUT2D eigenvalue weighted by atomic mass is 16.5. The van der Waals surface area contributed by atoms with Crippen molar-refractivity contribution in [3.05, 3.63) is 101 Å². The molecule has 1 N–H and O–H groups in total. The maximum atomic E-state index is 13.6. The van der Waals surface area contributed by atoms with E-state index in [1.165, 1.54) is 11.1 Å². The molecule has 5 nitrogen and oxygen atoms in total. The topological polar surface area (TPSA) is 46.5 Å². The minimum absolute atomic E-state index is 0.0142. The molecular formula is C31H35N3O2. The third-order valence-electron chi connectivity index (χ3n) is 7.42. The van der Waals surface area contributed by atoms with Gasteiger partial charge in [-0.1, -0.05) is 60.7 Å². The van der Waals surface area contributed by atoms with Crippen molar-refractivity contribution in [1.29, 1.82) is 0 Å². The molecule has 5 heteroatoms. The Morgan fingerprint density at radius 3 is 2.28 bits per heavy atom. The van der Waals surface area contributed by atoms with Crippen LogP contribution in [0.15, 0.2) is 78.9 Å². The van der Waals surface area contributed by atoms with Gasteiger partial charge in [-0.05, 0) is 55.5 Å². The van der Waals surface area contributed by atoms with E-state index in [1.807, 2.05) is 18.2 Å².